The Morgan fingerprint density at radius 2 is 1.94 bits per heavy atom. The van der Waals surface area contributed by atoms with E-state index in [1.165, 1.54) is 39.5 Å². The van der Waals surface area contributed by atoms with Crippen molar-refractivity contribution in [3.63, 3.8) is 0 Å². The molecule has 4 rings (SSSR count). The Kier molecular flexibility index (Phi) is 2.17. The van der Waals surface area contributed by atoms with E-state index < -0.39 is 0 Å². The third-order valence-corrected chi connectivity index (χ3v) is 5.52. The van der Waals surface area contributed by atoms with E-state index in [9.17, 15) is 0 Å². The van der Waals surface area contributed by atoms with Crippen LogP contribution in [0.3, 0.4) is 0 Å². The lowest BCUT2D eigenvalue weighted by Gasteiger charge is -2.20. The molecule has 0 atom stereocenters. The van der Waals surface area contributed by atoms with Gasteiger partial charge >= 0.3 is 0 Å². The average Bonchev–Trinajstić information content (AvgIpc) is 3.02. The van der Waals surface area contributed by atoms with Crippen LogP contribution in [-0.4, -0.2) is 4.98 Å². The molecule has 0 radical (unpaired) electrons. The predicted octanol–water partition coefficient (Wildman–Crippen LogP) is 3.44. The van der Waals surface area contributed by atoms with Crippen LogP contribution in [0.2, 0.25) is 0 Å². The first-order valence-corrected chi connectivity index (χ1v) is 7.45. The van der Waals surface area contributed by atoms with Crippen LogP contribution in [0.1, 0.15) is 41.1 Å². The number of benzene rings is 1. The molecule has 0 spiro atoms. The van der Waals surface area contributed by atoms with E-state index in [1.807, 2.05) is 11.3 Å². The maximum atomic E-state index is 6.51. The fraction of sp³-hybridized carbons (Fsp3) is 0.400. The highest BCUT2D eigenvalue weighted by molar-refractivity contribution is 7.12. The second-order valence-corrected chi connectivity index (χ2v) is 6.57. The topological polar surface area (TPSA) is 38.9 Å². The van der Waals surface area contributed by atoms with E-state index in [0.29, 0.717) is 0 Å². The van der Waals surface area contributed by atoms with Gasteiger partial charge in [-0.3, -0.25) is 0 Å². The molecule has 2 nitrogen and oxygen atoms in total. The van der Waals surface area contributed by atoms with Gasteiger partial charge in [-0.05, 0) is 18.4 Å². The summed E-state index contributed by atoms with van der Waals surface area (Å²) in [5.41, 5.74) is 10.3. The van der Waals surface area contributed by atoms with Crippen molar-refractivity contribution in [1.82, 2.24) is 4.98 Å². The number of rotatable bonds is 1. The van der Waals surface area contributed by atoms with E-state index >= 15 is 0 Å². The van der Waals surface area contributed by atoms with Crippen molar-refractivity contribution in [3.05, 3.63) is 39.7 Å². The van der Waals surface area contributed by atoms with Gasteiger partial charge in [0.1, 0.15) is 5.01 Å². The lowest BCUT2D eigenvalue weighted by Crippen LogP contribution is -2.32. The standard InChI is InChI=1S/C15H16N2S/c16-15(7-3-4-8-15)14-17-13-11-6-2-1-5-10(11)9-12(13)18-14/h1-2,5-6H,3-4,7-9,16H2. The first kappa shape index (κ1) is 10.7. The molecule has 0 amide bonds. The van der Waals surface area contributed by atoms with Gasteiger partial charge in [0.2, 0.25) is 0 Å². The van der Waals surface area contributed by atoms with E-state index in [-0.39, 0.29) is 5.54 Å². The quantitative estimate of drug-likeness (QED) is 0.724. The summed E-state index contributed by atoms with van der Waals surface area (Å²) in [5, 5.41) is 1.17. The highest BCUT2D eigenvalue weighted by Crippen LogP contribution is 2.45. The SMILES string of the molecule is NC1(c2nc3c(s2)Cc2ccccc2-3)CCCC1. The maximum Gasteiger partial charge on any atom is 0.113 e. The van der Waals surface area contributed by atoms with Crippen molar-refractivity contribution >= 4 is 11.3 Å². The highest BCUT2D eigenvalue weighted by Gasteiger charge is 2.36. The summed E-state index contributed by atoms with van der Waals surface area (Å²) >= 11 is 1.84. The number of thiazole rings is 1. The Morgan fingerprint density at radius 3 is 2.78 bits per heavy atom. The van der Waals surface area contributed by atoms with E-state index in [1.54, 1.807) is 0 Å². The molecule has 0 aliphatic heterocycles. The number of nitrogens with zero attached hydrogens (tertiary/aromatic N) is 1. The normalized spacial score (nSPS) is 19.8. The van der Waals surface area contributed by atoms with Gasteiger partial charge in [0.25, 0.3) is 0 Å². The zero-order valence-corrected chi connectivity index (χ0v) is 11.1. The predicted molar refractivity (Wildman–Crippen MR) is 74.7 cm³/mol. The summed E-state index contributed by atoms with van der Waals surface area (Å²) in [7, 11) is 0. The van der Waals surface area contributed by atoms with Crippen molar-refractivity contribution in [3.8, 4) is 11.3 Å². The molecule has 2 aromatic rings. The number of hydrogen-bond acceptors (Lipinski definition) is 3. The molecular formula is C15H16N2S. The molecule has 0 unspecified atom stereocenters. The number of fused-ring (bicyclic) bond motifs is 3. The van der Waals surface area contributed by atoms with Crippen LogP contribution in [0.25, 0.3) is 11.3 Å². The second-order valence-electron chi connectivity index (χ2n) is 5.49. The zero-order chi connectivity index (χ0) is 12.2. The van der Waals surface area contributed by atoms with E-state index in [4.69, 9.17) is 10.7 Å². The lowest BCUT2D eigenvalue weighted by atomic mass is 10.0. The Morgan fingerprint density at radius 1 is 1.17 bits per heavy atom. The van der Waals surface area contributed by atoms with Gasteiger partial charge in [-0.25, -0.2) is 4.98 Å². The molecule has 2 aliphatic rings. The van der Waals surface area contributed by atoms with Crippen LogP contribution in [0.15, 0.2) is 24.3 Å². The summed E-state index contributed by atoms with van der Waals surface area (Å²) in [6, 6.07) is 8.60. The molecule has 1 saturated carbocycles. The Hall–Kier alpha value is -1.19. The number of nitrogens with two attached hydrogens (primary N) is 1. The monoisotopic (exact) mass is 256 g/mol. The third kappa shape index (κ3) is 1.41. The van der Waals surface area contributed by atoms with Crippen molar-refractivity contribution in [1.29, 1.82) is 0 Å². The molecular weight excluding hydrogens is 240 g/mol. The molecule has 2 N–H and O–H groups in total. The van der Waals surface area contributed by atoms with Gasteiger partial charge in [-0.1, -0.05) is 37.1 Å². The van der Waals surface area contributed by atoms with Crippen molar-refractivity contribution in [2.24, 2.45) is 5.73 Å². The summed E-state index contributed by atoms with van der Waals surface area (Å²) in [6.07, 6.45) is 5.73. The molecule has 1 fully saturated rings. The molecule has 1 heterocycles. The highest BCUT2D eigenvalue weighted by atomic mass is 32.1. The molecule has 18 heavy (non-hydrogen) atoms. The molecule has 2 aliphatic carbocycles. The van der Waals surface area contributed by atoms with Crippen LogP contribution >= 0.6 is 11.3 Å². The van der Waals surface area contributed by atoms with Crippen LogP contribution in [0.5, 0.6) is 0 Å². The fourth-order valence-corrected chi connectivity index (χ4v) is 4.45. The largest absolute Gasteiger partial charge is 0.319 e. The van der Waals surface area contributed by atoms with Gasteiger partial charge in [0.05, 0.1) is 11.2 Å². The molecule has 0 bridgehead atoms. The van der Waals surface area contributed by atoms with E-state index in [0.717, 1.165) is 19.3 Å². The van der Waals surface area contributed by atoms with Crippen molar-refractivity contribution < 1.29 is 0 Å². The first-order valence-electron chi connectivity index (χ1n) is 6.64. The minimum Gasteiger partial charge on any atom is -0.319 e. The van der Waals surface area contributed by atoms with Crippen LogP contribution < -0.4 is 5.73 Å². The number of aromatic nitrogens is 1. The van der Waals surface area contributed by atoms with Gasteiger partial charge in [0.15, 0.2) is 0 Å². The Labute approximate surface area is 111 Å². The zero-order valence-electron chi connectivity index (χ0n) is 10.3. The lowest BCUT2D eigenvalue weighted by molar-refractivity contribution is 0.459. The van der Waals surface area contributed by atoms with Crippen molar-refractivity contribution in [2.45, 2.75) is 37.6 Å². The van der Waals surface area contributed by atoms with E-state index in [2.05, 4.69) is 24.3 Å². The van der Waals surface area contributed by atoms with Crippen LogP contribution in [0, 0.1) is 0 Å². The summed E-state index contributed by atoms with van der Waals surface area (Å²) < 4.78 is 0. The molecule has 1 aromatic carbocycles. The minimum absolute atomic E-state index is 0.135. The summed E-state index contributed by atoms with van der Waals surface area (Å²) in [4.78, 5) is 6.28. The summed E-state index contributed by atoms with van der Waals surface area (Å²) in [6.45, 7) is 0. The minimum atomic E-state index is -0.135. The molecule has 3 heteroatoms. The third-order valence-electron chi connectivity index (χ3n) is 4.24. The van der Waals surface area contributed by atoms with Gasteiger partial charge in [0, 0.05) is 16.9 Å². The molecule has 92 valence electrons. The first-order chi connectivity index (χ1) is 8.76. The maximum absolute atomic E-state index is 6.51. The van der Waals surface area contributed by atoms with Gasteiger partial charge < -0.3 is 5.73 Å². The van der Waals surface area contributed by atoms with Gasteiger partial charge in [-0.15, -0.1) is 11.3 Å². The Bertz CT molecular complexity index is 609. The van der Waals surface area contributed by atoms with Crippen molar-refractivity contribution in [2.75, 3.05) is 0 Å². The fourth-order valence-electron chi connectivity index (χ4n) is 3.19. The molecule has 1 aromatic heterocycles. The summed E-state index contributed by atoms with van der Waals surface area (Å²) in [5.74, 6) is 0. The second kappa shape index (κ2) is 3.65. The Balaban J connectivity index is 1.81. The van der Waals surface area contributed by atoms with Crippen LogP contribution in [0.4, 0.5) is 0 Å². The van der Waals surface area contributed by atoms with Gasteiger partial charge in [-0.2, -0.15) is 0 Å². The van der Waals surface area contributed by atoms with Crippen LogP contribution in [-0.2, 0) is 12.0 Å². The average molecular weight is 256 g/mol. The molecule has 0 saturated heterocycles. The smallest absolute Gasteiger partial charge is 0.113 e. The number of hydrogen-bond donors (Lipinski definition) is 1.